The second kappa shape index (κ2) is 9.69. The first-order valence-electron chi connectivity index (χ1n) is 4.41. The second-order valence-electron chi connectivity index (χ2n) is 2.91. The Morgan fingerprint density at radius 2 is 0.818 bits per heavy atom. The van der Waals surface area contributed by atoms with Crippen molar-refractivity contribution in [1.29, 1.82) is 0 Å². The number of hydrogen-bond acceptors (Lipinski definition) is 0. The van der Waals surface area contributed by atoms with Gasteiger partial charge in [-0.15, -0.1) is 17.2 Å². The molecule has 2 aliphatic heterocycles. The van der Waals surface area contributed by atoms with Gasteiger partial charge in [-0.05, 0) is 50.3 Å². The standard InChI is InChI=1S/2C4H9P.Au/c2*1-2-4-5-3-1;/h2*5H,1-4H2;/q;;+1. The fraction of sp³-hybridized carbons (Fsp3) is 1.00. The Bertz CT molecular complexity index is 45.3. The molecule has 11 heavy (non-hydrogen) atoms. The van der Waals surface area contributed by atoms with Crippen molar-refractivity contribution in [2.75, 3.05) is 24.6 Å². The van der Waals surface area contributed by atoms with Gasteiger partial charge < -0.3 is 0 Å². The molecule has 0 aliphatic carbocycles. The Balaban J connectivity index is 0.000000167. The van der Waals surface area contributed by atoms with E-state index in [-0.39, 0.29) is 22.4 Å². The third-order valence-electron chi connectivity index (χ3n) is 1.91. The van der Waals surface area contributed by atoms with Crippen molar-refractivity contribution in [1.82, 2.24) is 0 Å². The molecule has 2 aliphatic rings. The van der Waals surface area contributed by atoms with Gasteiger partial charge >= 0.3 is 22.4 Å². The van der Waals surface area contributed by atoms with Crippen LogP contribution in [0.3, 0.4) is 0 Å². The fourth-order valence-corrected chi connectivity index (χ4v) is 3.75. The average Bonchev–Trinajstić information content (AvgIpc) is 2.67. The Morgan fingerprint density at radius 1 is 0.545 bits per heavy atom. The van der Waals surface area contributed by atoms with Crippen molar-refractivity contribution in [3.63, 3.8) is 0 Å². The van der Waals surface area contributed by atoms with Gasteiger partial charge in [0.25, 0.3) is 0 Å². The van der Waals surface area contributed by atoms with Gasteiger partial charge in [0, 0.05) is 0 Å². The molecule has 0 atom stereocenters. The van der Waals surface area contributed by atoms with E-state index >= 15 is 0 Å². The van der Waals surface area contributed by atoms with Crippen molar-refractivity contribution in [3.05, 3.63) is 0 Å². The van der Waals surface area contributed by atoms with Crippen molar-refractivity contribution < 1.29 is 22.4 Å². The van der Waals surface area contributed by atoms with Crippen LogP contribution in [0.4, 0.5) is 0 Å². The molecule has 0 nitrogen and oxygen atoms in total. The fourth-order valence-electron chi connectivity index (χ4n) is 1.25. The van der Waals surface area contributed by atoms with Crippen LogP contribution in [-0.2, 0) is 22.4 Å². The van der Waals surface area contributed by atoms with E-state index in [1.165, 1.54) is 67.5 Å². The zero-order valence-corrected chi connectivity index (χ0v) is 11.1. The predicted molar refractivity (Wildman–Crippen MR) is 54.6 cm³/mol. The predicted octanol–water partition coefficient (Wildman–Crippen LogP) is 2.91. The second-order valence-corrected chi connectivity index (χ2v) is 5.91. The van der Waals surface area contributed by atoms with E-state index < -0.39 is 0 Å². The zero-order valence-electron chi connectivity index (χ0n) is 6.96. The van der Waals surface area contributed by atoms with E-state index in [0.29, 0.717) is 0 Å². The molecule has 0 radical (unpaired) electrons. The monoisotopic (exact) mass is 373 g/mol. The molecule has 2 fully saturated rings. The maximum absolute atomic E-state index is 1.53. The molecule has 2 heterocycles. The first-order chi connectivity index (χ1) is 5.00. The quantitative estimate of drug-likeness (QED) is 0.453. The topological polar surface area (TPSA) is 0 Å². The smallest absolute Gasteiger partial charge is 0.122 e. The maximum atomic E-state index is 1.53. The molecule has 3 heteroatoms. The summed E-state index contributed by atoms with van der Waals surface area (Å²) in [6, 6.07) is 0. The largest absolute Gasteiger partial charge is 1.00 e. The summed E-state index contributed by atoms with van der Waals surface area (Å²) in [4.78, 5) is 0. The summed E-state index contributed by atoms with van der Waals surface area (Å²) in [6.07, 6.45) is 12.2. The van der Waals surface area contributed by atoms with Gasteiger partial charge in [0.2, 0.25) is 0 Å². The van der Waals surface area contributed by atoms with Crippen LogP contribution in [0, 0.1) is 0 Å². The Morgan fingerprint density at radius 3 is 0.909 bits per heavy atom. The van der Waals surface area contributed by atoms with Gasteiger partial charge in [-0.1, -0.05) is 0 Å². The molecule has 0 bridgehead atoms. The van der Waals surface area contributed by atoms with Gasteiger partial charge in [0.1, 0.15) is 0 Å². The van der Waals surface area contributed by atoms with E-state index in [0.717, 1.165) is 0 Å². The summed E-state index contributed by atoms with van der Waals surface area (Å²) in [7, 11) is 2.62. The molecule has 0 amide bonds. The minimum absolute atomic E-state index is 0. The number of hydrogen-bond donors (Lipinski definition) is 0. The van der Waals surface area contributed by atoms with E-state index in [9.17, 15) is 0 Å². The molecule has 0 saturated carbocycles. The first kappa shape index (κ1) is 12.6. The summed E-state index contributed by atoms with van der Waals surface area (Å²) in [6.45, 7) is 0. The summed E-state index contributed by atoms with van der Waals surface area (Å²) < 4.78 is 0. The van der Waals surface area contributed by atoms with Crippen molar-refractivity contribution in [2.45, 2.75) is 25.7 Å². The molecule has 0 aromatic carbocycles. The van der Waals surface area contributed by atoms with Gasteiger partial charge in [-0.2, -0.15) is 0 Å². The normalized spacial score (nSPS) is 21.8. The van der Waals surface area contributed by atoms with Crippen LogP contribution >= 0.6 is 17.2 Å². The van der Waals surface area contributed by atoms with Crippen molar-refractivity contribution >= 4 is 17.2 Å². The van der Waals surface area contributed by atoms with Gasteiger partial charge in [0.05, 0.1) is 0 Å². The third-order valence-corrected chi connectivity index (χ3v) is 4.74. The van der Waals surface area contributed by atoms with Crippen LogP contribution in [-0.4, -0.2) is 24.6 Å². The van der Waals surface area contributed by atoms with E-state index in [4.69, 9.17) is 0 Å². The van der Waals surface area contributed by atoms with Gasteiger partial charge in [0.15, 0.2) is 0 Å². The van der Waals surface area contributed by atoms with Crippen LogP contribution < -0.4 is 0 Å². The minimum Gasteiger partial charge on any atom is -0.122 e. The van der Waals surface area contributed by atoms with Crippen LogP contribution in [0.25, 0.3) is 0 Å². The van der Waals surface area contributed by atoms with Crippen LogP contribution in [0.15, 0.2) is 0 Å². The van der Waals surface area contributed by atoms with Crippen LogP contribution in [0.5, 0.6) is 0 Å². The Kier molecular flexibility index (Phi) is 11.1. The molecular weight excluding hydrogens is 355 g/mol. The Labute approximate surface area is 89.8 Å². The summed E-state index contributed by atoms with van der Waals surface area (Å²) >= 11 is 0. The van der Waals surface area contributed by atoms with Gasteiger partial charge in [-0.3, -0.25) is 0 Å². The number of rotatable bonds is 0. The van der Waals surface area contributed by atoms with E-state index in [2.05, 4.69) is 0 Å². The molecule has 0 aromatic heterocycles. The van der Waals surface area contributed by atoms with Crippen molar-refractivity contribution in [2.24, 2.45) is 0 Å². The Hall–Kier alpha value is 1.60. The van der Waals surface area contributed by atoms with Crippen molar-refractivity contribution in [3.8, 4) is 0 Å². The maximum Gasteiger partial charge on any atom is 1.00 e. The molecule has 0 N–H and O–H groups in total. The molecule has 0 unspecified atom stereocenters. The summed E-state index contributed by atoms with van der Waals surface area (Å²) in [5.41, 5.74) is 0. The van der Waals surface area contributed by atoms with Crippen LogP contribution in [0.1, 0.15) is 25.7 Å². The molecular formula is C8H18AuP2+. The van der Waals surface area contributed by atoms with Gasteiger partial charge in [-0.25, -0.2) is 0 Å². The molecule has 70 valence electrons. The first-order valence-corrected chi connectivity index (χ1v) is 7.24. The van der Waals surface area contributed by atoms with E-state index in [1.807, 2.05) is 0 Å². The average molecular weight is 373 g/mol. The molecule has 2 saturated heterocycles. The summed E-state index contributed by atoms with van der Waals surface area (Å²) in [5, 5.41) is 0. The third kappa shape index (κ3) is 7.95. The zero-order chi connectivity index (χ0) is 7.07. The summed E-state index contributed by atoms with van der Waals surface area (Å²) in [5.74, 6) is 0. The SMILES string of the molecule is C1CCPC1.C1CCPC1.[Au+]. The molecule has 0 spiro atoms. The molecule has 0 aromatic rings. The minimum atomic E-state index is 0. The molecule has 2 rings (SSSR count). The van der Waals surface area contributed by atoms with E-state index in [1.54, 1.807) is 0 Å². The van der Waals surface area contributed by atoms with Crippen LogP contribution in [0.2, 0.25) is 0 Å².